The lowest BCUT2D eigenvalue weighted by atomic mass is 10.1. The van der Waals surface area contributed by atoms with E-state index in [-0.39, 0.29) is 0 Å². The van der Waals surface area contributed by atoms with E-state index in [1.165, 1.54) is 11.1 Å². The van der Waals surface area contributed by atoms with Crippen LogP contribution in [-0.2, 0) is 13.1 Å². The molecule has 2 N–H and O–H groups in total. The fourth-order valence-electron chi connectivity index (χ4n) is 2.60. The molecule has 3 rings (SSSR count). The van der Waals surface area contributed by atoms with Crippen LogP contribution in [0.3, 0.4) is 0 Å². The summed E-state index contributed by atoms with van der Waals surface area (Å²) < 4.78 is 1.98. The highest BCUT2D eigenvalue weighted by Gasteiger charge is 2.06. The van der Waals surface area contributed by atoms with Gasteiger partial charge in [-0.2, -0.15) is 0 Å². The number of nitrogens with one attached hydrogen (secondary N) is 2. The Morgan fingerprint density at radius 2 is 1.92 bits per heavy atom. The van der Waals surface area contributed by atoms with Gasteiger partial charge >= 0.3 is 0 Å². The second kappa shape index (κ2) is 8.99. The van der Waals surface area contributed by atoms with Crippen LogP contribution >= 0.6 is 0 Å². The summed E-state index contributed by atoms with van der Waals surface area (Å²) in [6.07, 6.45) is 4.23. The predicted octanol–water partition coefficient (Wildman–Crippen LogP) is 3.07. The van der Waals surface area contributed by atoms with E-state index in [1.807, 2.05) is 28.8 Å². The van der Waals surface area contributed by atoms with Crippen molar-refractivity contribution in [3.8, 4) is 0 Å². The highest BCUT2D eigenvalue weighted by atomic mass is 15.3. The minimum Gasteiger partial charge on any atom is -0.356 e. The van der Waals surface area contributed by atoms with Crippen LogP contribution in [0.25, 0.3) is 5.65 Å². The molecule has 26 heavy (non-hydrogen) atoms. The van der Waals surface area contributed by atoms with E-state index in [0.29, 0.717) is 13.1 Å². The lowest BCUT2D eigenvalue weighted by Crippen LogP contribution is -2.37. The first-order valence-electron chi connectivity index (χ1n) is 9.12. The van der Waals surface area contributed by atoms with Crippen molar-refractivity contribution in [2.24, 2.45) is 4.99 Å². The topological polar surface area (TPSA) is 66.6 Å². The van der Waals surface area contributed by atoms with Gasteiger partial charge in [0.2, 0.25) is 0 Å². The molecule has 0 spiro atoms. The number of unbranched alkanes of at least 4 members (excludes halogenated alkanes) is 1. The summed E-state index contributed by atoms with van der Waals surface area (Å²) in [5, 5.41) is 15.2. The summed E-state index contributed by atoms with van der Waals surface area (Å²) in [5.74, 6) is 1.66. The fraction of sp³-hybridized carbons (Fsp3) is 0.350. The third-order valence-corrected chi connectivity index (χ3v) is 4.16. The summed E-state index contributed by atoms with van der Waals surface area (Å²) in [5.41, 5.74) is 3.30. The van der Waals surface area contributed by atoms with Crippen molar-refractivity contribution >= 4 is 11.6 Å². The Labute approximate surface area is 154 Å². The van der Waals surface area contributed by atoms with Crippen LogP contribution in [0.2, 0.25) is 0 Å². The van der Waals surface area contributed by atoms with Gasteiger partial charge in [-0.15, -0.1) is 10.2 Å². The Balaban J connectivity index is 1.66. The Morgan fingerprint density at radius 3 is 2.73 bits per heavy atom. The van der Waals surface area contributed by atoms with Crippen LogP contribution in [-0.4, -0.2) is 27.1 Å². The first kappa shape index (κ1) is 17.9. The fourth-order valence-corrected chi connectivity index (χ4v) is 2.60. The molecule has 0 fully saturated rings. The average Bonchev–Trinajstić information content (AvgIpc) is 3.08. The van der Waals surface area contributed by atoms with Crippen LogP contribution in [0.5, 0.6) is 0 Å². The molecular formula is C20H26N6. The van der Waals surface area contributed by atoms with E-state index in [2.05, 4.69) is 58.9 Å². The average molecular weight is 350 g/mol. The Kier molecular flexibility index (Phi) is 6.19. The Hall–Kier alpha value is -2.89. The third-order valence-electron chi connectivity index (χ3n) is 4.16. The molecule has 0 aliphatic heterocycles. The van der Waals surface area contributed by atoms with E-state index in [9.17, 15) is 0 Å². The predicted molar refractivity (Wildman–Crippen MR) is 105 cm³/mol. The maximum atomic E-state index is 4.71. The van der Waals surface area contributed by atoms with E-state index in [1.54, 1.807) is 0 Å². The molecule has 0 unspecified atom stereocenters. The molecule has 0 aliphatic carbocycles. The summed E-state index contributed by atoms with van der Waals surface area (Å²) in [6, 6.07) is 14.4. The molecule has 0 radical (unpaired) electrons. The number of benzene rings is 1. The van der Waals surface area contributed by atoms with Gasteiger partial charge in [-0.1, -0.05) is 49.2 Å². The molecule has 0 amide bonds. The monoisotopic (exact) mass is 350 g/mol. The molecule has 0 atom stereocenters. The SMILES string of the molecule is CCCCNC(=NCc1ccc(C)cc1)NCc1nnc2ccccn12. The minimum absolute atomic E-state index is 0.567. The zero-order chi connectivity index (χ0) is 18.2. The second-order valence-electron chi connectivity index (χ2n) is 6.33. The number of rotatable bonds is 7. The third kappa shape index (κ3) is 4.81. The van der Waals surface area contributed by atoms with Gasteiger partial charge in [0, 0.05) is 12.7 Å². The van der Waals surface area contributed by atoms with Crippen molar-refractivity contribution in [2.75, 3.05) is 6.54 Å². The summed E-state index contributed by atoms with van der Waals surface area (Å²) in [7, 11) is 0. The van der Waals surface area contributed by atoms with Crippen molar-refractivity contribution in [1.29, 1.82) is 0 Å². The summed E-state index contributed by atoms with van der Waals surface area (Å²) in [4.78, 5) is 4.71. The smallest absolute Gasteiger partial charge is 0.191 e. The van der Waals surface area contributed by atoms with E-state index < -0.39 is 0 Å². The molecule has 3 aromatic rings. The van der Waals surface area contributed by atoms with Crippen LogP contribution in [0, 0.1) is 6.92 Å². The zero-order valence-electron chi connectivity index (χ0n) is 15.4. The number of nitrogens with zero attached hydrogens (tertiary/aromatic N) is 4. The second-order valence-corrected chi connectivity index (χ2v) is 6.33. The normalized spacial score (nSPS) is 11.7. The van der Waals surface area contributed by atoms with Crippen LogP contribution in [0.4, 0.5) is 0 Å². The van der Waals surface area contributed by atoms with Gasteiger partial charge in [-0.3, -0.25) is 4.40 Å². The van der Waals surface area contributed by atoms with Crippen molar-refractivity contribution in [3.05, 3.63) is 65.6 Å². The molecule has 136 valence electrons. The standard InChI is InChI=1S/C20H26N6/c1-3-4-12-21-20(22-14-17-10-8-16(2)9-11-17)23-15-19-25-24-18-7-5-6-13-26(18)19/h5-11,13H,3-4,12,14-15H2,1-2H3,(H2,21,22,23). The first-order chi connectivity index (χ1) is 12.8. The molecule has 2 heterocycles. The van der Waals surface area contributed by atoms with E-state index in [4.69, 9.17) is 4.99 Å². The number of aromatic nitrogens is 3. The number of fused-ring (bicyclic) bond motifs is 1. The van der Waals surface area contributed by atoms with Crippen molar-refractivity contribution in [3.63, 3.8) is 0 Å². The van der Waals surface area contributed by atoms with Gasteiger partial charge < -0.3 is 10.6 Å². The molecule has 0 saturated carbocycles. The highest BCUT2D eigenvalue weighted by Crippen LogP contribution is 2.05. The quantitative estimate of drug-likeness (QED) is 0.390. The van der Waals surface area contributed by atoms with Gasteiger partial charge in [0.1, 0.15) is 0 Å². The van der Waals surface area contributed by atoms with E-state index in [0.717, 1.165) is 36.8 Å². The van der Waals surface area contributed by atoms with Crippen LogP contribution < -0.4 is 10.6 Å². The van der Waals surface area contributed by atoms with Crippen molar-refractivity contribution in [2.45, 2.75) is 39.8 Å². The van der Waals surface area contributed by atoms with Crippen LogP contribution in [0.15, 0.2) is 53.7 Å². The molecule has 0 aliphatic rings. The van der Waals surface area contributed by atoms with Crippen LogP contribution in [0.1, 0.15) is 36.7 Å². The number of aliphatic imine (C=N–C) groups is 1. The van der Waals surface area contributed by atoms with Gasteiger partial charge in [0.25, 0.3) is 0 Å². The highest BCUT2D eigenvalue weighted by molar-refractivity contribution is 5.79. The molecule has 0 bridgehead atoms. The minimum atomic E-state index is 0.567. The zero-order valence-corrected chi connectivity index (χ0v) is 15.4. The molecule has 1 aromatic carbocycles. The Morgan fingerprint density at radius 1 is 1.08 bits per heavy atom. The van der Waals surface area contributed by atoms with Crippen molar-refractivity contribution < 1.29 is 0 Å². The maximum Gasteiger partial charge on any atom is 0.191 e. The van der Waals surface area contributed by atoms with Gasteiger partial charge in [-0.25, -0.2) is 4.99 Å². The largest absolute Gasteiger partial charge is 0.356 e. The summed E-state index contributed by atoms with van der Waals surface area (Å²) >= 11 is 0. The van der Waals surface area contributed by atoms with E-state index >= 15 is 0 Å². The number of hydrogen-bond donors (Lipinski definition) is 2. The number of guanidine groups is 1. The number of hydrogen-bond acceptors (Lipinski definition) is 3. The number of pyridine rings is 1. The molecule has 0 saturated heterocycles. The van der Waals surface area contributed by atoms with Crippen molar-refractivity contribution in [1.82, 2.24) is 25.2 Å². The molecular weight excluding hydrogens is 324 g/mol. The lowest BCUT2D eigenvalue weighted by molar-refractivity contribution is 0.713. The summed E-state index contributed by atoms with van der Waals surface area (Å²) in [6.45, 7) is 6.38. The lowest BCUT2D eigenvalue weighted by Gasteiger charge is -2.12. The van der Waals surface area contributed by atoms with Gasteiger partial charge in [0.05, 0.1) is 13.1 Å². The first-order valence-corrected chi connectivity index (χ1v) is 9.12. The molecule has 2 aromatic heterocycles. The Bertz CT molecular complexity index is 850. The van der Waals surface area contributed by atoms with Gasteiger partial charge in [-0.05, 0) is 31.0 Å². The maximum absolute atomic E-state index is 4.71. The number of aryl methyl sites for hydroxylation is 1. The van der Waals surface area contributed by atoms with Gasteiger partial charge in [0.15, 0.2) is 17.4 Å². The molecule has 6 heteroatoms. The molecule has 6 nitrogen and oxygen atoms in total.